The van der Waals surface area contributed by atoms with Gasteiger partial charge in [0.05, 0.1) is 6.10 Å². The maximum absolute atomic E-state index is 6.03. The summed E-state index contributed by atoms with van der Waals surface area (Å²) >= 11 is 0. The smallest absolute Gasteiger partial charge is 0.121 e. The molecule has 2 heteroatoms. The van der Waals surface area contributed by atoms with Crippen LogP contribution in [0.5, 0.6) is 5.75 Å². The number of benzene rings is 1. The highest BCUT2D eigenvalue weighted by molar-refractivity contribution is 5.50. The Morgan fingerprint density at radius 1 is 1.18 bits per heavy atom. The molecule has 1 aromatic carbocycles. The van der Waals surface area contributed by atoms with Crippen molar-refractivity contribution in [1.29, 1.82) is 0 Å². The van der Waals surface area contributed by atoms with E-state index in [9.17, 15) is 0 Å². The van der Waals surface area contributed by atoms with E-state index in [0.29, 0.717) is 6.10 Å². The molecule has 0 N–H and O–H groups in total. The molecule has 1 aliphatic carbocycles. The van der Waals surface area contributed by atoms with E-state index in [1.54, 1.807) is 0 Å². The van der Waals surface area contributed by atoms with Crippen molar-refractivity contribution in [2.24, 2.45) is 0 Å². The van der Waals surface area contributed by atoms with E-state index >= 15 is 0 Å². The second-order valence-electron chi connectivity index (χ2n) is 4.69. The minimum atomic E-state index is 0.446. The molecule has 2 rings (SSSR count). The number of hydrogen-bond donors (Lipinski definition) is 0. The fourth-order valence-electron chi connectivity index (χ4n) is 2.54. The molecule has 0 aliphatic heterocycles. The molecule has 0 saturated heterocycles. The summed E-state index contributed by atoms with van der Waals surface area (Å²) in [5.41, 5.74) is 1.27. The summed E-state index contributed by atoms with van der Waals surface area (Å²) in [6.07, 6.45) is 5.52. The minimum absolute atomic E-state index is 0.446. The van der Waals surface area contributed by atoms with Gasteiger partial charge in [-0.25, -0.2) is 0 Å². The van der Waals surface area contributed by atoms with Crippen molar-refractivity contribution >= 4 is 5.69 Å². The molecule has 0 atom stereocenters. The summed E-state index contributed by atoms with van der Waals surface area (Å²) in [6, 6.07) is 8.50. The lowest BCUT2D eigenvalue weighted by Crippen LogP contribution is -2.21. The van der Waals surface area contributed by atoms with Gasteiger partial charge in [-0.15, -0.1) is 0 Å². The van der Waals surface area contributed by atoms with Gasteiger partial charge in [0, 0.05) is 24.8 Å². The third kappa shape index (κ3) is 3.15. The Morgan fingerprint density at radius 3 is 2.53 bits per heavy atom. The molecule has 1 saturated carbocycles. The fourth-order valence-corrected chi connectivity index (χ4v) is 2.54. The van der Waals surface area contributed by atoms with Crippen molar-refractivity contribution in [2.45, 2.75) is 45.6 Å². The predicted octanol–water partition coefficient (Wildman–Crippen LogP) is 3.85. The second kappa shape index (κ2) is 5.95. The first-order valence-electron chi connectivity index (χ1n) is 6.85. The lowest BCUT2D eigenvalue weighted by molar-refractivity contribution is 0.210. The Kier molecular flexibility index (Phi) is 4.29. The molecule has 0 aromatic heterocycles. The highest BCUT2D eigenvalue weighted by Gasteiger charge is 2.16. The second-order valence-corrected chi connectivity index (χ2v) is 4.69. The Labute approximate surface area is 105 Å². The SMILES string of the molecule is CCN(CC)c1cccc(OC2CCCC2)c1. The first-order valence-corrected chi connectivity index (χ1v) is 6.85. The van der Waals surface area contributed by atoms with Gasteiger partial charge in [-0.1, -0.05) is 6.07 Å². The summed E-state index contributed by atoms with van der Waals surface area (Å²) in [6.45, 7) is 6.47. The quantitative estimate of drug-likeness (QED) is 0.766. The molecule has 2 nitrogen and oxygen atoms in total. The largest absolute Gasteiger partial charge is 0.490 e. The van der Waals surface area contributed by atoms with E-state index in [0.717, 1.165) is 18.8 Å². The average Bonchev–Trinajstić information content (AvgIpc) is 2.84. The molecular weight excluding hydrogens is 210 g/mol. The highest BCUT2D eigenvalue weighted by Crippen LogP contribution is 2.26. The van der Waals surface area contributed by atoms with Crippen LogP contribution in [0.4, 0.5) is 5.69 Å². The van der Waals surface area contributed by atoms with E-state index in [1.165, 1.54) is 31.4 Å². The van der Waals surface area contributed by atoms with E-state index in [2.05, 4.69) is 43.0 Å². The van der Waals surface area contributed by atoms with Gasteiger partial charge < -0.3 is 9.64 Å². The number of anilines is 1. The van der Waals surface area contributed by atoms with Crippen LogP contribution in [0.25, 0.3) is 0 Å². The third-order valence-corrected chi connectivity index (χ3v) is 3.55. The van der Waals surface area contributed by atoms with Crippen LogP contribution < -0.4 is 9.64 Å². The molecule has 0 amide bonds. The van der Waals surface area contributed by atoms with Crippen molar-refractivity contribution in [3.63, 3.8) is 0 Å². The molecule has 0 radical (unpaired) electrons. The van der Waals surface area contributed by atoms with Gasteiger partial charge in [-0.3, -0.25) is 0 Å². The topological polar surface area (TPSA) is 12.5 Å². The van der Waals surface area contributed by atoms with E-state index in [-0.39, 0.29) is 0 Å². The number of nitrogens with zero attached hydrogens (tertiary/aromatic N) is 1. The number of hydrogen-bond acceptors (Lipinski definition) is 2. The lowest BCUT2D eigenvalue weighted by atomic mass is 10.2. The van der Waals surface area contributed by atoms with E-state index < -0.39 is 0 Å². The maximum Gasteiger partial charge on any atom is 0.121 e. The predicted molar refractivity (Wildman–Crippen MR) is 72.9 cm³/mol. The van der Waals surface area contributed by atoms with Gasteiger partial charge in [0.15, 0.2) is 0 Å². The Bertz CT molecular complexity index is 341. The van der Waals surface area contributed by atoms with Crippen molar-refractivity contribution < 1.29 is 4.74 Å². The third-order valence-electron chi connectivity index (χ3n) is 3.55. The molecule has 1 fully saturated rings. The van der Waals surface area contributed by atoms with Gasteiger partial charge in [-0.2, -0.15) is 0 Å². The normalized spacial score (nSPS) is 16.1. The lowest BCUT2D eigenvalue weighted by Gasteiger charge is -2.22. The van der Waals surface area contributed by atoms with Gasteiger partial charge in [-0.05, 0) is 51.7 Å². The van der Waals surface area contributed by atoms with Crippen molar-refractivity contribution in [3.05, 3.63) is 24.3 Å². The highest BCUT2D eigenvalue weighted by atomic mass is 16.5. The molecule has 0 spiro atoms. The van der Waals surface area contributed by atoms with Crippen LogP contribution in [0.2, 0.25) is 0 Å². The summed E-state index contributed by atoms with van der Waals surface area (Å²) < 4.78 is 6.03. The monoisotopic (exact) mass is 233 g/mol. The van der Waals surface area contributed by atoms with Crippen molar-refractivity contribution in [2.75, 3.05) is 18.0 Å². The summed E-state index contributed by atoms with van der Waals surface area (Å²) in [4.78, 5) is 2.35. The van der Waals surface area contributed by atoms with Gasteiger partial charge in [0.1, 0.15) is 5.75 Å². The molecular formula is C15H23NO. The molecule has 94 valence electrons. The standard InChI is InChI=1S/C15H23NO/c1-3-16(4-2)13-8-7-11-15(12-13)17-14-9-5-6-10-14/h7-8,11-12,14H,3-6,9-10H2,1-2H3. The van der Waals surface area contributed by atoms with Crippen LogP contribution in [-0.2, 0) is 0 Å². The number of rotatable bonds is 5. The van der Waals surface area contributed by atoms with Crippen molar-refractivity contribution in [1.82, 2.24) is 0 Å². The van der Waals surface area contributed by atoms with Crippen LogP contribution in [0.3, 0.4) is 0 Å². The van der Waals surface area contributed by atoms with Crippen molar-refractivity contribution in [3.8, 4) is 5.75 Å². The first kappa shape index (κ1) is 12.3. The molecule has 1 aromatic rings. The zero-order valence-electron chi connectivity index (χ0n) is 11.0. The maximum atomic E-state index is 6.03. The Hall–Kier alpha value is -1.18. The van der Waals surface area contributed by atoms with E-state index in [4.69, 9.17) is 4.74 Å². The first-order chi connectivity index (χ1) is 8.33. The van der Waals surface area contributed by atoms with Crippen LogP contribution in [0.1, 0.15) is 39.5 Å². The molecule has 1 aliphatic rings. The Balaban J connectivity index is 2.04. The van der Waals surface area contributed by atoms with Crippen LogP contribution >= 0.6 is 0 Å². The minimum Gasteiger partial charge on any atom is -0.490 e. The average molecular weight is 233 g/mol. The molecule has 0 unspecified atom stereocenters. The molecule has 0 bridgehead atoms. The van der Waals surface area contributed by atoms with E-state index in [1.807, 2.05) is 0 Å². The zero-order valence-corrected chi connectivity index (χ0v) is 11.0. The van der Waals surface area contributed by atoms with Crippen LogP contribution in [-0.4, -0.2) is 19.2 Å². The van der Waals surface area contributed by atoms with Gasteiger partial charge in [0.25, 0.3) is 0 Å². The molecule has 0 heterocycles. The molecule has 17 heavy (non-hydrogen) atoms. The summed E-state index contributed by atoms with van der Waals surface area (Å²) in [5, 5.41) is 0. The summed E-state index contributed by atoms with van der Waals surface area (Å²) in [5.74, 6) is 1.03. The fraction of sp³-hybridized carbons (Fsp3) is 0.600. The summed E-state index contributed by atoms with van der Waals surface area (Å²) in [7, 11) is 0. The number of ether oxygens (including phenoxy) is 1. The van der Waals surface area contributed by atoms with Crippen LogP contribution in [0.15, 0.2) is 24.3 Å². The van der Waals surface area contributed by atoms with Gasteiger partial charge in [0.2, 0.25) is 0 Å². The van der Waals surface area contributed by atoms with Gasteiger partial charge >= 0.3 is 0 Å². The zero-order chi connectivity index (χ0) is 12.1. The van der Waals surface area contributed by atoms with Crippen LogP contribution in [0, 0.1) is 0 Å². The Morgan fingerprint density at radius 2 is 1.88 bits per heavy atom.